The first-order chi connectivity index (χ1) is 10.5. The Bertz CT molecular complexity index is 658. The number of nitrogen functional groups attached to an aromatic ring is 1. The third-order valence-electron chi connectivity index (χ3n) is 3.35. The van der Waals surface area contributed by atoms with Crippen LogP contribution in [0.15, 0.2) is 36.9 Å². The molecule has 1 unspecified atom stereocenters. The number of benzene rings is 1. The Morgan fingerprint density at radius 2 is 2.05 bits per heavy atom. The number of allylic oxidation sites excluding steroid dienone is 1. The van der Waals surface area contributed by atoms with Gasteiger partial charge in [-0.2, -0.15) is 4.98 Å². The molecule has 0 aliphatic carbocycles. The van der Waals surface area contributed by atoms with Crippen LogP contribution < -0.4 is 11.1 Å². The van der Waals surface area contributed by atoms with E-state index in [4.69, 9.17) is 5.73 Å². The van der Waals surface area contributed by atoms with Crippen molar-refractivity contribution in [3.8, 4) is 0 Å². The van der Waals surface area contributed by atoms with Gasteiger partial charge in [-0.05, 0) is 31.0 Å². The highest BCUT2D eigenvalue weighted by atomic mass is 19.1. The molecule has 1 atom stereocenters. The Labute approximate surface area is 128 Å². The molecule has 1 heterocycles. The molecule has 6 heteroatoms. The van der Waals surface area contributed by atoms with Gasteiger partial charge in [0.15, 0.2) is 0 Å². The van der Waals surface area contributed by atoms with Gasteiger partial charge in [0.2, 0.25) is 5.95 Å². The normalized spacial score (nSPS) is 12.0. The molecule has 0 saturated carbocycles. The first kappa shape index (κ1) is 15.9. The summed E-state index contributed by atoms with van der Waals surface area (Å²) in [6, 6.07) is 5.52. The van der Waals surface area contributed by atoms with Gasteiger partial charge < -0.3 is 16.2 Å². The highest BCUT2D eigenvalue weighted by Crippen LogP contribution is 2.24. The van der Waals surface area contributed by atoms with Crippen LogP contribution in [0.3, 0.4) is 0 Å². The summed E-state index contributed by atoms with van der Waals surface area (Å²) in [6.45, 7) is 5.40. The predicted octanol–water partition coefficient (Wildman–Crippen LogP) is 2.38. The van der Waals surface area contributed by atoms with E-state index in [1.165, 1.54) is 12.1 Å². The van der Waals surface area contributed by atoms with E-state index in [2.05, 4.69) is 21.9 Å². The minimum Gasteiger partial charge on any atom is -0.394 e. The number of halogens is 1. The standard InChI is InChI=1S/C16H19FN4O/c1-3-4-13-10(2)19-16(18)21-15(13)20-14(9-22)11-5-7-12(17)8-6-11/h3,5-8,14,22H,1,4,9H2,2H3,(H3,18,19,20,21). The summed E-state index contributed by atoms with van der Waals surface area (Å²) >= 11 is 0. The highest BCUT2D eigenvalue weighted by molar-refractivity contribution is 5.51. The van der Waals surface area contributed by atoms with Crippen LogP contribution in [0, 0.1) is 12.7 Å². The summed E-state index contributed by atoms with van der Waals surface area (Å²) in [7, 11) is 0. The first-order valence-corrected chi connectivity index (χ1v) is 6.92. The third kappa shape index (κ3) is 3.59. The van der Waals surface area contributed by atoms with Crippen molar-refractivity contribution in [1.29, 1.82) is 0 Å². The van der Waals surface area contributed by atoms with E-state index in [1.807, 2.05) is 6.92 Å². The van der Waals surface area contributed by atoms with Gasteiger partial charge >= 0.3 is 0 Å². The molecule has 1 aromatic carbocycles. The zero-order chi connectivity index (χ0) is 16.1. The molecule has 2 aromatic rings. The molecule has 0 aliphatic rings. The second-order valence-electron chi connectivity index (χ2n) is 4.92. The van der Waals surface area contributed by atoms with Crippen molar-refractivity contribution in [3.63, 3.8) is 0 Å². The van der Waals surface area contributed by atoms with Gasteiger partial charge in [0.25, 0.3) is 0 Å². The van der Waals surface area contributed by atoms with Crippen LogP contribution >= 0.6 is 0 Å². The number of nitrogens with zero attached hydrogens (tertiary/aromatic N) is 2. The highest BCUT2D eigenvalue weighted by Gasteiger charge is 2.15. The number of hydrogen-bond donors (Lipinski definition) is 3. The number of nitrogens with one attached hydrogen (secondary N) is 1. The number of nitrogens with two attached hydrogens (primary N) is 1. The smallest absolute Gasteiger partial charge is 0.222 e. The van der Waals surface area contributed by atoms with Crippen molar-refractivity contribution in [2.75, 3.05) is 17.7 Å². The van der Waals surface area contributed by atoms with Crippen molar-refractivity contribution >= 4 is 11.8 Å². The van der Waals surface area contributed by atoms with Crippen LogP contribution in [-0.4, -0.2) is 21.7 Å². The van der Waals surface area contributed by atoms with Gasteiger partial charge in [-0.1, -0.05) is 18.2 Å². The zero-order valence-electron chi connectivity index (χ0n) is 12.4. The Hall–Kier alpha value is -2.47. The van der Waals surface area contributed by atoms with Gasteiger partial charge in [-0.3, -0.25) is 0 Å². The summed E-state index contributed by atoms with van der Waals surface area (Å²) in [5.41, 5.74) is 8.07. The number of anilines is 2. The molecule has 0 fully saturated rings. The topological polar surface area (TPSA) is 84.1 Å². The van der Waals surface area contributed by atoms with Gasteiger partial charge in [-0.15, -0.1) is 6.58 Å². The van der Waals surface area contributed by atoms with Gasteiger partial charge in [0, 0.05) is 11.3 Å². The van der Waals surface area contributed by atoms with Crippen molar-refractivity contribution in [2.45, 2.75) is 19.4 Å². The molecule has 0 radical (unpaired) electrons. The maximum absolute atomic E-state index is 13.0. The lowest BCUT2D eigenvalue weighted by Crippen LogP contribution is -2.18. The second-order valence-corrected chi connectivity index (χ2v) is 4.92. The van der Waals surface area contributed by atoms with Crippen molar-refractivity contribution in [1.82, 2.24) is 9.97 Å². The monoisotopic (exact) mass is 302 g/mol. The SMILES string of the molecule is C=CCc1c(C)nc(N)nc1NC(CO)c1ccc(F)cc1. The van der Waals surface area contributed by atoms with Crippen LogP contribution in [0.25, 0.3) is 0 Å². The number of aliphatic hydroxyl groups is 1. The van der Waals surface area contributed by atoms with E-state index >= 15 is 0 Å². The lowest BCUT2D eigenvalue weighted by atomic mass is 10.1. The summed E-state index contributed by atoms with van der Waals surface area (Å²) in [5, 5.41) is 12.8. The Balaban J connectivity index is 2.34. The summed E-state index contributed by atoms with van der Waals surface area (Å²) in [4.78, 5) is 8.34. The minimum absolute atomic E-state index is 0.156. The van der Waals surface area contributed by atoms with Crippen LogP contribution in [0.2, 0.25) is 0 Å². The van der Waals surface area contributed by atoms with E-state index in [1.54, 1.807) is 18.2 Å². The maximum atomic E-state index is 13.0. The Morgan fingerprint density at radius 3 is 2.64 bits per heavy atom. The van der Waals surface area contributed by atoms with Crippen LogP contribution in [0.5, 0.6) is 0 Å². The lowest BCUT2D eigenvalue weighted by Gasteiger charge is -2.20. The van der Waals surface area contributed by atoms with Crippen LogP contribution in [-0.2, 0) is 6.42 Å². The van der Waals surface area contributed by atoms with Gasteiger partial charge in [0.1, 0.15) is 11.6 Å². The lowest BCUT2D eigenvalue weighted by molar-refractivity contribution is 0.276. The molecule has 0 aliphatic heterocycles. The minimum atomic E-state index is -0.419. The molecule has 4 N–H and O–H groups in total. The van der Waals surface area contributed by atoms with Crippen molar-refractivity contribution in [3.05, 3.63) is 59.6 Å². The van der Waals surface area contributed by atoms with Gasteiger partial charge in [0.05, 0.1) is 12.6 Å². The largest absolute Gasteiger partial charge is 0.394 e. The molecule has 5 nitrogen and oxygen atoms in total. The second kappa shape index (κ2) is 7.00. The third-order valence-corrected chi connectivity index (χ3v) is 3.35. The number of aromatic nitrogens is 2. The molecule has 0 amide bonds. The fourth-order valence-corrected chi connectivity index (χ4v) is 2.22. The van der Waals surface area contributed by atoms with E-state index in [0.717, 1.165) is 16.8 Å². The first-order valence-electron chi connectivity index (χ1n) is 6.92. The average Bonchev–Trinajstić information content (AvgIpc) is 2.49. The average molecular weight is 302 g/mol. The van der Waals surface area contributed by atoms with E-state index in [-0.39, 0.29) is 18.4 Å². The molecule has 22 heavy (non-hydrogen) atoms. The molecular weight excluding hydrogens is 283 g/mol. The molecule has 2 rings (SSSR count). The molecule has 0 bridgehead atoms. The van der Waals surface area contributed by atoms with E-state index < -0.39 is 6.04 Å². The molecule has 0 saturated heterocycles. The number of rotatable bonds is 6. The molecular formula is C16H19FN4O. The predicted molar refractivity (Wildman–Crippen MR) is 84.9 cm³/mol. The van der Waals surface area contributed by atoms with Crippen molar-refractivity contribution in [2.24, 2.45) is 0 Å². The Kier molecular flexibility index (Phi) is 5.06. The molecule has 0 spiro atoms. The summed E-state index contributed by atoms with van der Waals surface area (Å²) in [5.74, 6) is 0.381. The van der Waals surface area contributed by atoms with E-state index in [0.29, 0.717) is 12.2 Å². The zero-order valence-corrected chi connectivity index (χ0v) is 12.4. The quantitative estimate of drug-likeness (QED) is 0.714. The fourth-order valence-electron chi connectivity index (χ4n) is 2.22. The summed E-state index contributed by atoms with van der Waals surface area (Å²) in [6.07, 6.45) is 2.33. The maximum Gasteiger partial charge on any atom is 0.222 e. The van der Waals surface area contributed by atoms with Crippen molar-refractivity contribution < 1.29 is 9.50 Å². The number of hydrogen-bond acceptors (Lipinski definition) is 5. The summed E-state index contributed by atoms with van der Waals surface area (Å²) < 4.78 is 13.0. The number of aryl methyl sites for hydroxylation is 1. The fraction of sp³-hybridized carbons (Fsp3) is 0.250. The Morgan fingerprint density at radius 1 is 1.36 bits per heavy atom. The van der Waals surface area contributed by atoms with Gasteiger partial charge in [-0.25, -0.2) is 9.37 Å². The molecule has 1 aromatic heterocycles. The van der Waals surface area contributed by atoms with E-state index in [9.17, 15) is 9.50 Å². The molecule has 116 valence electrons. The number of aliphatic hydroxyl groups excluding tert-OH is 1. The van der Waals surface area contributed by atoms with Crippen LogP contribution in [0.1, 0.15) is 22.9 Å². The van der Waals surface area contributed by atoms with Crippen LogP contribution in [0.4, 0.5) is 16.2 Å².